The van der Waals surface area contributed by atoms with E-state index in [2.05, 4.69) is 96.5 Å². The summed E-state index contributed by atoms with van der Waals surface area (Å²) in [6.07, 6.45) is 13.6. The number of hydrogen-bond acceptors (Lipinski definition) is 6. The summed E-state index contributed by atoms with van der Waals surface area (Å²) in [5.41, 5.74) is 10.8. The molecule has 0 spiro atoms. The molecule has 7 aliphatic rings. The third-order valence-electron chi connectivity index (χ3n) is 20.8. The van der Waals surface area contributed by atoms with Gasteiger partial charge in [0, 0.05) is 43.2 Å². The number of ether oxygens (including phenoxy) is 3. The molecular formula is C71H82F3N2O6+. The first kappa shape index (κ1) is 56.3. The Bertz CT molecular complexity index is 3350. The highest BCUT2D eigenvalue weighted by Crippen LogP contribution is 2.62. The first-order chi connectivity index (χ1) is 39.0. The first-order valence-corrected chi connectivity index (χ1v) is 30.7. The van der Waals surface area contributed by atoms with E-state index < -0.39 is 23.4 Å². The van der Waals surface area contributed by atoms with E-state index in [0.717, 1.165) is 106 Å². The molecule has 8 unspecified atom stereocenters. The Morgan fingerprint density at radius 3 is 2.29 bits per heavy atom. The van der Waals surface area contributed by atoms with Gasteiger partial charge in [-0.25, -0.2) is 4.79 Å². The number of hydrogen-bond donors (Lipinski definition) is 0. The zero-order valence-electron chi connectivity index (χ0n) is 49.4. The molecule has 3 fully saturated rings. The lowest BCUT2D eigenvalue weighted by Gasteiger charge is -2.51. The summed E-state index contributed by atoms with van der Waals surface area (Å²) in [5, 5.41) is 0. The molecule has 1 amide bonds. The van der Waals surface area contributed by atoms with Gasteiger partial charge in [0.2, 0.25) is 0 Å². The van der Waals surface area contributed by atoms with Gasteiger partial charge in [0.15, 0.2) is 17.9 Å². The maximum absolute atomic E-state index is 14.1. The molecule has 4 aromatic carbocycles. The highest BCUT2D eigenvalue weighted by Gasteiger charge is 2.59. The second kappa shape index (κ2) is 21.1. The molecule has 1 aromatic heterocycles. The third kappa shape index (κ3) is 10.3. The van der Waals surface area contributed by atoms with E-state index in [1.807, 2.05) is 18.2 Å². The second-order valence-corrected chi connectivity index (χ2v) is 27.9. The molecule has 8 nitrogen and oxygen atoms in total. The number of fused-ring (bicyclic) bond motifs is 14. The average Bonchev–Trinajstić information content (AvgIpc) is 2.97. The van der Waals surface area contributed by atoms with E-state index in [0.29, 0.717) is 83.7 Å². The molecule has 12 rings (SSSR count). The maximum Gasteiger partial charge on any atom is 0.420 e. The van der Waals surface area contributed by atoms with Crippen LogP contribution in [0.2, 0.25) is 0 Å². The van der Waals surface area contributed by atoms with Crippen molar-refractivity contribution in [2.75, 3.05) is 4.90 Å². The molecule has 0 saturated heterocycles. The number of unbranched alkanes of at least 4 members (excludes halogenated alkanes) is 3. The van der Waals surface area contributed by atoms with Crippen LogP contribution in [0.25, 0.3) is 17.2 Å². The number of halogens is 3. The predicted octanol–water partition coefficient (Wildman–Crippen LogP) is 17.3. The zero-order chi connectivity index (χ0) is 57.7. The van der Waals surface area contributed by atoms with E-state index in [4.69, 9.17) is 14.2 Å². The molecule has 5 aromatic rings. The molecule has 432 valence electrons. The minimum absolute atomic E-state index is 0.00291. The number of amides is 1. The number of carbonyl (C=O) groups is 3. The van der Waals surface area contributed by atoms with Crippen LogP contribution in [-0.4, -0.2) is 29.5 Å². The normalized spacial score (nSPS) is 26.1. The number of Topliss-reactive ketones (excluding diaryl/α,β-unsaturated/α-hetero) is 1. The van der Waals surface area contributed by atoms with Crippen LogP contribution in [0.15, 0.2) is 103 Å². The highest BCUT2D eigenvalue weighted by molar-refractivity contribution is 5.94. The fraction of sp³-hybridized carbons (Fsp3) is 0.521. The van der Waals surface area contributed by atoms with Gasteiger partial charge < -0.3 is 14.2 Å². The molecule has 3 saturated carbocycles. The molecule has 82 heavy (non-hydrogen) atoms. The standard InChI is InChI=1S/C71H82F3N2O6/c1-67(2,3)48-24-28-53-54-29-31-61-55(64(54)68(4,5)57(53)39-48)40-56-62(82-61)32-34-75-59-30-22-44(36-58(59)69(6,7)65(56)75)35-50(77)18-11-9-10-12-19-63(78)80-42-43-20-25-51(26-21-43)81-66(79)76-60-38-46(45-15-13-17-49(37-45)71(72,73)74)23-27-52(60)47-16-14-33-70(76,8)41-47/h13,15,17,20-21,23-28,32,34,37-40,44,47,54,58-59,61,64H,9-12,14,16,18-19,22,29-31,33,35-36,41-42H2,1-8H3/q+1. The Balaban J connectivity index is 0.593. The Labute approximate surface area is 483 Å². The number of benzene rings is 4. The van der Waals surface area contributed by atoms with Crippen molar-refractivity contribution < 1.29 is 46.3 Å². The van der Waals surface area contributed by atoms with Gasteiger partial charge in [-0.1, -0.05) is 108 Å². The third-order valence-corrected chi connectivity index (χ3v) is 20.8. The molecule has 0 radical (unpaired) electrons. The van der Waals surface area contributed by atoms with Crippen molar-refractivity contribution in [2.24, 2.45) is 17.8 Å². The van der Waals surface area contributed by atoms with Crippen molar-refractivity contribution in [1.29, 1.82) is 0 Å². The number of nitrogens with zero attached hydrogens (tertiary/aromatic N) is 2. The van der Waals surface area contributed by atoms with Crippen LogP contribution >= 0.6 is 0 Å². The topological polar surface area (TPSA) is 86.0 Å². The number of anilines is 1. The summed E-state index contributed by atoms with van der Waals surface area (Å²) < 4.78 is 62.2. The van der Waals surface area contributed by atoms with E-state index in [9.17, 15) is 27.6 Å². The molecule has 3 aliphatic heterocycles. The van der Waals surface area contributed by atoms with Gasteiger partial charge in [-0.2, -0.15) is 17.7 Å². The molecule has 2 bridgehead atoms. The highest BCUT2D eigenvalue weighted by atomic mass is 19.4. The van der Waals surface area contributed by atoms with Crippen molar-refractivity contribution in [3.05, 3.63) is 147 Å². The number of alkyl halides is 3. The Morgan fingerprint density at radius 1 is 0.768 bits per heavy atom. The van der Waals surface area contributed by atoms with Crippen LogP contribution in [0.3, 0.4) is 0 Å². The maximum atomic E-state index is 14.1. The van der Waals surface area contributed by atoms with Gasteiger partial charge in [-0.3, -0.25) is 14.5 Å². The quantitative estimate of drug-likeness (QED) is 0.0663. The van der Waals surface area contributed by atoms with Gasteiger partial charge >= 0.3 is 18.2 Å². The number of aromatic nitrogens is 1. The largest absolute Gasteiger partial charge is 0.485 e. The van der Waals surface area contributed by atoms with Gasteiger partial charge in [-0.05, 0) is 194 Å². The zero-order valence-corrected chi connectivity index (χ0v) is 49.4. The van der Waals surface area contributed by atoms with Crippen molar-refractivity contribution >= 4 is 29.6 Å². The van der Waals surface area contributed by atoms with Crippen molar-refractivity contribution in [1.82, 2.24) is 0 Å². The number of carbonyl (C=O) groups excluding carboxylic acids is 3. The molecule has 11 heteroatoms. The molecular weight excluding hydrogens is 1030 g/mol. The lowest BCUT2D eigenvalue weighted by atomic mass is 9.64. The Hall–Kier alpha value is -6.23. The van der Waals surface area contributed by atoms with E-state index in [-0.39, 0.29) is 40.8 Å². The smallest absolute Gasteiger partial charge is 0.420 e. The van der Waals surface area contributed by atoms with Crippen molar-refractivity contribution in [3.63, 3.8) is 0 Å². The Kier molecular flexibility index (Phi) is 14.5. The van der Waals surface area contributed by atoms with E-state index >= 15 is 0 Å². The summed E-state index contributed by atoms with van der Waals surface area (Å²) in [4.78, 5) is 42.2. The molecule has 8 atom stereocenters. The SMILES string of the molecule is CC(C)(C)c1ccc2c(c1)C(C)(C)C1C3=Cc4c(cc[n+]5c4C(C)(C)C4CC(CC(=O)CCCCCCC(=O)OCc6ccc(OC(=O)N7c8cc(-c9cccc(C(F)(F)F)c9)ccc8C8CCCC7(C)C8)cc6)CCC45)OC3CCC21. The number of rotatable bonds is 13. The van der Waals surface area contributed by atoms with Gasteiger partial charge in [0.05, 0.1) is 22.2 Å². The van der Waals surface area contributed by atoms with E-state index in [1.165, 1.54) is 39.6 Å². The fourth-order valence-electron chi connectivity index (χ4n) is 16.6. The molecule has 0 N–H and O–H groups in total. The van der Waals surface area contributed by atoms with Crippen LogP contribution in [0.4, 0.5) is 23.7 Å². The van der Waals surface area contributed by atoms with Gasteiger partial charge in [-0.15, -0.1) is 0 Å². The summed E-state index contributed by atoms with van der Waals surface area (Å²) in [6.45, 7) is 18.9. The molecule has 4 aliphatic carbocycles. The molecule has 4 heterocycles. The van der Waals surface area contributed by atoms with Crippen LogP contribution in [0.1, 0.15) is 221 Å². The monoisotopic (exact) mass is 1120 g/mol. The summed E-state index contributed by atoms with van der Waals surface area (Å²) in [6, 6.07) is 27.8. The van der Waals surface area contributed by atoms with Crippen LogP contribution in [0, 0.1) is 17.8 Å². The summed E-state index contributed by atoms with van der Waals surface area (Å²) >= 11 is 0. The number of pyridine rings is 1. The van der Waals surface area contributed by atoms with Gasteiger partial charge in [0.25, 0.3) is 0 Å². The first-order valence-electron chi connectivity index (χ1n) is 30.7. The van der Waals surface area contributed by atoms with Crippen LogP contribution < -0.4 is 18.9 Å². The predicted molar refractivity (Wildman–Crippen MR) is 314 cm³/mol. The summed E-state index contributed by atoms with van der Waals surface area (Å²) in [7, 11) is 0. The lowest BCUT2D eigenvalue weighted by Crippen LogP contribution is -2.56. The fourth-order valence-corrected chi connectivity index (χ4v) is 16.6. The summed E-state index contributed by atoms with van der Waals surface area (Å²) in [5.74, 6) is 3.42. The minimum atomic E-state index is -4.47. The second-order valence-electron chi connectivity index (χ2n) is 27.9. The lowest BCUT2D eigenvalue weighted by molar-refractivity contribution is -0.723. The van der Waals surface area contributed by atoms with Crippen molar-refractivity contribution in [2.45, 2.75) is 217 Å². The number of esters is 1. The van der Waals surface area contributed by atoms with Crippen LogP contribution in [0.5, 0.6) is 11.5 Å². The van der Waals surface area contributed by atoms with Crippen LogP contribution in [-0.2, 0) is 43.4 Å². The van der Waals surface area contributed by atoms with Gasteiger partial charge in [0.1, 0.15) is 30.0 Å². The average molecular weight is 1120 g/mol. The number of ketones is 1. The minimum Gasteiger partial charge on any atom is -0.485 e. The van der Waals surface area contributed by atoms with Crippen molar-refractivity contribution in [3.8, 4) is 22.6 Å². The Morgan fingerprint density at radius 2 is 1.52 bits per heavy atom. The van der Waals surface area contributed by atoms with E-state index in [1.54, 1.807) is 35.2 Å².